The molecular formula is C27H21BrO2. The molecule has 0 bridgehead atoms. The Morgan fingerprint density at radius 1 is 0.833 bits per heavy atom. The summed E-state index contributed by atoms with van der Waals surface area (Å²) in [6, 6.07) is 27.4. The highest BCUT2D eigenvalue weighted by Crippen LogP contribution is 2.36. The predicted molar refractivity (Wildman–Crippen MR) is 124 cm³/mol. The minimum Gasteiger partial charge on any atom is -0.294 e. The summed E-state index contributed by atoms with van der Waals surface area (Å²) in [6.07, 6.45) is 5.82. The third kappa shape index (κ3) is 4.42. The lowest BCUT2D eigenvalue weighted by Gasteiger charge is -2.25. The van der Waals surface area contributed by atoms with Crippen LogP contribution in [0.1, 0.15) is 33.8 Å². The van der Waals surface area contributed by atoms with E-state index in [0.29, 0.717) is 5.56 Å². The second-order valence-electron chi connectivity index (χ2n) is 7.37. The number of carbonyl (C=O) groups is 2. The highest BCUT2D eigenvalue weighted by molar-refractivity contribution is 9.10. The first-order valence-corrected chi connectivity index (χ1v) is 10.7. The SMILES string of the molecule is O=C(CC1C=CC=C(C(c2ccccc2)c2ccccc2)C1=O)c1ccc(Br)cc1. The van der Waals surface area contributed by atoms with Crippen molar-refractivity contribution in [2.75, 3.05) is 0 Å². The van der Waals surface area contributed by atoms with Crippen molar-refractivity contribution in [3.05, 3.63) is 130 Å². The molecular weight excluding hydrogens is 436 g/mol. The standard InChI is InChI=1S/C27H21BrO2/c28-23-16-14-19(15-17-23)25(29)18-22-12-7-13-24(27(22)30)26(20-8-3-1-4-9-20)21-10-5-2-6-11-21/h1-17,22,26H,18H2. The third-order valence-electron chi connectivity index (χ3n) is 5.39. The fourth-order valence-corrected chi connectivity index (χ4v) is 4.14. The predicted octanol–water partition coefficient (Wildman–Crippen LogP) is 6.54. The van der Waals surface area contributed by atoms with Gasteiger partial charge in [0.1, 0.15) is 0 Å². The second kappa shape index (κ2) is 9.19. The van der Waals surface area contributed by atoms with Crippen molar-refractivity contribution in [1.29, 1.82) is 0 Å². The van der Waals surface area contributed by atoms with Crippen molar-refractivity contribution in [2.24, 2.45) is 5.92 Å². The number of halogens is 1. The molecule has 0 fully saturated rings. The maximum absolute atomic E-state index is 13.5. The third-order valence-corrected chi connectivity index (χ3v) is 5.92. The molecule has 0 aliphatic heterocycles. The van der Waals surface area contributed by atoms with Gasteiger partial charge in [0.15, 0.2) is 11.6 Å². The molecule has 0 radical (unpaired) electrons. The van der Waals surface area contributed by atoms with Crippen molar-refractivity contribution in [1.82, 2.24) is 0 Å². The Balaban J connectivity index is 1.62. The van der Waals surface area contributed by atoms with Crippen molar-refractivity contribution in [2.45, 2.75) is 12.3 Å². The zero-order valence-electron chi connectivity index (χ0n) is 16.4. The summed E-state index contributed by atoms with van der Waals surface area (Å²) >= 11 is 3.39. The van der Waals surface area contributed by atoms with Crippen molar-refractivity contribution < 1.29 is 9.59 Å². The molecule has 2 nitrogen and oxygen atoms in total. The Labute approximate surface area is 185 Å². The van der Waals surface area contributed by atoms with Crippen molar-refractivity contribution in [3.63, 3.8) is 0 Å². The molecule has 1 aliphatic rings. The molecule has 0 N–H and O–H groups in total. The largest absolute Gasteiger partial charge is 0.294 e. The first-order chi connectivity index (χ1) is 14.6. The lowest BCUT2D eigenvalue weighted by atomic mass is 9.77. The molecule has 3 heteroatoms. The van der Waals surface area contributed by atoms with Crippen LogP contribution in [0.5, 0.6) is 0 Å². The van der Waals surface area contributed by atoms with E-state index in [2.05, 4.69) is 15.9 Å². The number of rotatable bonds is 6. The summed E-state index contributed by atoms with van der Waals surface area (Å²) < 4.78 is 0.923. The van der Waals surface area contributed by atoms with E-state index >= 15 is 0 Å². The van der Waals surface area contributed by atoms with Gasteiger partial charge in [0.05, 0.1) is 0 Å². The topological polar surface area (TPSA) is 34.1 Å². The van der Waals surface area contributed by atoms with Gasteiger partial charge in [0, 0.05) is 33.9 Å². The summed E-state index contributed by atoms with van der Waals surface area (Å²) in [7, 11) is 0. The lowest BCUT2D eigenvalue weighted by molar-refractivity contribution is -0.118. The quantitative estimate of drug-likeness (QED) is 0.394. The monoisotopic (exact) mass is 456 g/mol. The Hall–Kier alpha value is -3.04. The second-order valence-corrected chi connectivity index (χ2v) is 8.28. The van der Waals surface area contributed by atoms with Gasteiger partial charge in [-0.25, -0.2) is 0 Å². The number of benzene rings is 3. The number of ketones is 2. The van der Waals surface area contributed by atoms with Gasteiger partial charge in [-0.2, -0.15) is 0 Å². The number of hydrogen-bond acceptors (Lipinski definition) is 2. The molecule has 4 rings (SSSR count). The van der Waals surface area contributed by atoms with Crippen molar-refractivity contribution >= 4 is 27.5 Å². The van der Waals surface area contributed by atoms with Gasteiger partial charge in [-0.15, -0.1) is 0 Å². The number of hydrogen-bond donors (Lipinski definition) is 0. The molecule has 3 aromatic carbocycles. The number of carbonyl (C=O) groups excluding carboxylic acids is 2. The summed E-state index contributed by atoms with van der Waals surface area (Å²) in [5.41, 5.74) is 3.48. The van der Waals surface area contributed by atoms with E-state index < -0.39 is 5.92 Å². The normalized spacial score (nSPS) is 15.9. The molecule has 1 atom stereocenters. The van der Waals surface area contributed by atoms with Crippen LogP contribution in [-0.4, -0.2) is 11.6 Å². The fourth-order valence-electron chi connectivity index (χ4n) is 3.87. The minimum absolute atomic E-state index is 0.0145. The molecule has 0 heterocycles. The molecule has 0 aromatic heterocycles. The lowest BCUT2D eigenvalue weighted by Crippen LogP contribution is -2.24. The van der Waals surface area contributed by atoms with Gasteiger partial charge < -0.3 is 0 Å². The van der Waals surface area contributed by atoms with Crippen LogP contribution in [0.15, 0.2) is 113 Å². The minimum atomic E-state index is -0.448. The Kier molecular flexibility index (Phi) is 6.20. The van der Waals surface area contributed by atoms with Crippen LogP contribution in [0, 0.1) is 5.92 Å². The zero-order valence-corrected chi connectivity index (χ0v) is 18.0. The van der Waals surface area contributed by atoms with E-state index in [9.17, 15) is 9.59 Å². The highest BCUT2D eigenvalue weighted by Gasteiger charge is 2.31. The molecule has 148 valence electrons. The summed E-state index contributed by atoms with van der Waals surface area (Å²) in [5, 5.41) is 0. The first kappa shape index (κ1) is 20.2. The van der Waals surface area contributed by atoms with E-state index in [1.165, 1.54) is 0 Å². The van der Waals surface area contributed by atoms with Gasteiger partial charge in [-0.3, -0.25) is 9.59 Å². The molecule has 0 spiro atoms. The van der Waals surface area contributed by atoms with Gasteiger partial charge in [0.2, 0.25) is 0 Å². The van der Waals surface area contributed by atoms with Crippen molar-refractivity contribution in [3.8, 4) is 0 Å². The van der Waals surface area contributed by atoms with Crippen LogP contribution < -0.4 is 0 Å². The van der Waals surface area contributed by atoms with Gasteiger partial charge in [0.25, 0.3) is 0 Å². The summed E-state index contributed by atoms with van der Waals surface area (Å²) in [4.78, 5) is 26.2. The van der Waals surface area contributed by atoms with Crippen LogP contribution in [0.3, 0.4) is 0 Å². The van der Waals surface area contributed by atoms with Gasteiger partial charge >= 0.3 is 0 Å². The van der Waals surface area contributed by atoms with Gasteiger partial charge in [-0.1, -0.05) is 107 Å². The molecule has 30 heavy (non-hydrogen) atoms. The number of allylic oxidation sites excluding steroid dienone is 4. The van der Waals surface area contributed by atoms with Crippen LogP contribution in [0.4, 0.5) is 0 Å². The smallest absolute Gasteiger partial charge is 0.167 e. The van der Waals surface area contributed by atoms with E-state index in [0.717, 1.165) is 21.2 Å². The maximum Gasteiger partial charge on any atom is 0.167 e. The maximum atomic E-state index is 13.5. The van der Waals surface area contributed by atoms with E-state index in [1.807, 2.05) is 91.0 Å². The van der Waals surface area contributed by atoms with E-state index in [-0.39, 0.29) is 23.9 Å². The number of Topliss-reactive ketones (excluding diaryl/α,β-unsaturated/α-hetero) is 2. The molecule has 3 aromatic rings. The van der Waals surface area contributed by atoms with Crippen LogP contribution in [-0.2, 0) is 4.79 Å². The Bertz CT molecular complexity index is 1060. The fraction of sp³-hybridized carbons (Fsp3) is 0.111. The molecule has 0 saturated heterocycles. The average molecular weight is 457 g/mol. The first-order valence-electron chi connectivity index (χ1n) is 9.95. The summed E-state index contributed by atoms with van der Waals surface area (Å²) in [5.74, 6) is -0.616. The molecule has 1 aliphatic carbocycles. The van der Waals surface area contributed by atoms with E-state index in [4.69, 9.17) is 0 Å². The van der Waals surface area contributed by atoms with Gasteiger partial charge in [-0.05, 0) is 23.3 Å². The Morgan fingerprint density at radius 2 is 1.40 bits per heavy atom. The Morgan fingerprint density at radius 3 is 1.97 bits per heavy atom. The highest BCUT2D eigenvalue weighted by atomic mass is 79.9. The van der Waals surface area contributed by atoms with Crippen LogP contribution in [0.25, 0.3) is 0 Å². The van der Waals surface area contributed by atoms with Crippen LogP contribution in [0.2, 0.25) is 0 Å². The zero-order chi connectivity index (χ0) is 20.9. The summed E-state index contributed by atoms with van der Waals surface area (Å²) in [6.45, 7) is 0. The average Bonchev–Trinajstić information content (AvgIpc) is 2.78. The van der Waals surface area contributed by atoms with E-state index in [1.54, 1.807) is 12.1 Å². The molecule has 0 amide bonds. The van der Waals surface area contributed by atoms with Crippen LogP contribution >= 0.6 is 15.9 Å². The molecule has 1 unspecified atom stereocenters. The molecule has 0 saturated carbocycles.